The maximum Gasteiger partial charge on any atom is 0.264 e. The molecular weight excluding hydrogens is 498 g/mol. The van der Waals surface area contributed by atoms with Crippen molar-refractivity contribution in [1.82, 2.24) is 10.2 Å². The molecule has 2 amide bonds. The number of benzene rings is 3. The van der Waals surface area contributed by atoms with Crippen LogP contribution in [0.4, 0.5) is 5.69 Å². The lowest BCUT2D eigenvalue weighted by Gasteiger charge is -2.33. The van der Waals surface area contributed by atoms with Gasteiger partial charge in [0.05, 0.1) is 10.6 Å². The molecular formula is C30H37N3O4S. The van der Waals surface area contributed by atoms with Gasteiger partial charge in [0.2, 0.25) is 11.8 Å². The average Bonchev–Trinajstić information content (AvgIpc) is 2.89. The van der Waals surface area contributed by atoms with Crippen LogP contribution in [-0.2, 0) is 26.2 Å². The number of aryl methyl sites for hydroxylation is 3. The Balaban J connectivity index is 2.08. The van der Waals surface area contributed by atoms with Crippen molar-refractivity contribution in [2.24, 2.45) is 0 Å². The third-order valence-corrected chi connectivity index (χ3v) is 8.22. The number of likely N-dealkylation sites (N-methyl/N-ethyl adjacent to an activating group) is 1. The maximum absolute atomic E-state index is 14.0. The molecule has 8 heteroatoms. The van der Waals surface area contributed by atoms with Crippen LogP contribution in [-0.4, -0.2) is 44.3 Å². The lowest BCUT2D eigenvalue weighted by atomic mass is 10.1. The maximum atomic E-state index is 14.0. The normalized spacial score (nSPS) is 12.0. The molecule has 0 unspecified atom stereocenters. The monoisotopic (exact) mass is 535 g/mol. The first-order valence-corrected chi connectivity index (χ1v) is 14.3. The molecule has 0 radical (unpaired) electrons. The van der Waals surface area contributed by atoms with E-state index in [1.807, 2.05) is 71.0 Å². The Labute approximate surface area is 226 Å². The summed E-state index contributed by atoms with van der Waals surface area (Å²) < 4.78 is 28.9. The molecule has 7 nitrogen and oxygen atoms in total. The highest BCUT2D eigenvalue weighted by Gasteiger charge is 2.34. The predicted octanol–water partition coefficient (Wildman–Crippen LogP) is 4.75. The van der Waals surface area contributed by atoms with E-state index in [9.17, 15) is 18.0 Å². The van der Waals surface area contributed by atoms with E-state index in [1.54, 1.807) is 24.3 Å². The summed E-state index contributed by atoms with van der Waals surface area (Å²) in [5.74, 6) is -0.720. The lowest BCUT2D eigenvalue weighted by Crippen LogP contribution is -2.52. The Morgan fingerprint density at radius 3 is 2.08 bits per heavy atom. The molecule has 0 heterocycles. The van der Waals surface area contributed by atoms with Crippen LogP contribution in [0.5, 0.6) is 0 Å². The Morgan fingerprint density at radius 2 is 1.50 bits per heavy atom. The standard InChI is InChI=1S/C30H37N3O4S/c1-6-27(30(35)31-7-2)32(20-25-16-13-22(3)14-17-25)29(34)21-33(28-18-15-23(4)19-24(28)5)38(36,37)26-11-9-8-10-12-26/h8-19,27H,6-7,20-21H2,1-5H3,(H,31,35)/t27-/m0/s1. The minimum Gasteiger partial charge on any atom is -0.355 e. The van der Waals surface area contributed by atoms with Gasteiger partial charge in [-0.15, -0.1) is 0 Å². The molecule has 0 spiro atoms. The van der Waals surface area contributed by atoms with E-state index < -0.39 is 28.5 Å². The SMILES string of the molecule is CCNC(=O)[C@H](CC)N(Cc1ccc(C)cc1)C(=O)CN(c1ccc(C)cc1C)S(=O)(=O)c1ccccc1. The fourth-order valence-electron chi connectivity index (χ4n) is 4.42. The van der Waals surface area contributed by atoms with Crippen molar-refractivity contribution in [2.45, 2.75) is 58.5 Å². The fourth-order valence-corrected chi connectivity index (χ4v) is 5.92. The van der Waals surface area contributed by atoms with Crippen molar-refractivity contribution in [2.75, 3.05) is 17.4 Å². The van der Waals surface area contributed by atoms with Crippen molar-refractivity contribution in [3.63, 3.8) is 0 Å². The molecule has 1 atom stereocenters. The van der Waals surface area contributed by atoms with Crippen LogP contribution in [0.15, 0.2) is 77.7 Å². The number of carbonyl (C=O) groups is 2. The topological polar surface area (TPSA) is 86.8 Å². The summed E-state index contributed by atoms with van der Waals surface area (Å²) >= 11 is 0. The van der Waals surface area contributed by atoms with E-state index in [1.165, 1.54) is 17.0 Å². The third-order valence-electron chi connectivity index (χ3n) is 6.44. The highest BCUT2D eigenvalue weighted by atomic mass is 32.2. The van der Waals surface area contributed by atoms with Crippen molar-refractivity contribution in [3.8, 4) is 0 Å². The van der Waals surface area contributed by atoms with Crippen LogP contribution >= 0.6 is 0 Å². The Hall–Kier alpha value is -3.65. The van der Waals surface area contributed by atoms with E-state index >= 15 is 0 Å². The van der Waals surface area contributed by atoms with E-state index in [0.29, 0.717) is 18.7 Å². The first kappa shape index (κ1) is 28.9. The second kappa shape index (κ2) is 12.7. The molecule has 3 aromatic carbocycles. The second-order valence-corrected chi connectivity index (χ2v) is 11.3. The largest absolute Gasteiger partial charge is 0.355 e. The van der Waals surface area contributed by atoms with Crippen LogP contribution in [0.3, 0.4) is 0 Å². The first-order chi connectivity index (χ1) is 18.1. The summed E-state index contributed by atoms with van der Waals surface area (Å²) in [6.45, 7) is 9.58. The minimum absolute atomic E-state index is 0.0913. The van der Waals surface area contributed by atoms with E-state index in [0.717, 1.165) is 26.6 Å². The number of amides is 2. The lowest BCUT2D eigenvalue weighted by molar-refractivity contribution is -0.140. The van der Waals surface area contributed by atoms with Crippen LogP contribution in [0.1, 0.15) is 42.5 Å². The highest BCUT2D eigenvalue weighted by molar-refractivity contribution is 7.92. The molecule has 0 saturated heterocycles. The van der Waals surface area contributed by atoms with Gasteiger partial charge in [0.25, 0.3) is 10.0 Å². The Morgan fingerprint density at radius 1 is 0.868 bits per heavy atom. The van der Waals surface area contributed by atoms with Gasteiger partial charge in [-0.3, -0.25) is 13.9 Å². The molecule has 3 aromatic rings. The molecule has 0 aromatic heterocycles. The molecule has 0 aliphatic rings. The molecule has 0 fully saturated rings. The van der Waals surface area contributed by atoms with E-state index in [4.69, 9.17) is 0 Å². The molecule has 0 aliphatic carbocycles. The van der Waals surface area contributed by atoms with Crippen molar-refractivity contribution in [1.29, 1.82) is 0 Å². The van der Waals surface area contributed by atoms with Crippen molar-refractivity contribution < 1.29 is 18.0 Å². The molecule has 202 valence electrons. The predicted molar refractivity (Wildman–Crippen MR) is 151 cm³/mol. The quantitative estimate of drug-likeness (QED) is 0.384. The van der Waals surface area contributed by atoms with Crippen molar-refractivity contribution in [3.05, 3.63) is 95.1 Å². The van der Waals surface area contributed by atoms with Crippen molar-refractivity contribution >= 4 is 27.5 Å². The molecule has 3 rings (SSSR count). The van der Waals surface area contributed by atoms with Gasteiger partial charge in [0.1, 0.15) is 12.6 Å². The summed E-state index contributed by atoms with van der Waals surface area (Å²) in [6, 6.07) is 20.5. The summed E-state index contributed by atoms with van der Waals surface area (Å²) in [4.78, 5) is 28.6. The van der Waals surface area contributed by atoms with Gasteiger partial charge in [0, 0.05) is 13.1 Å². The van der Waals surface area contributed by atoms with Gasteiger partial charge in [0.15, 0.2) is 0 Å². The molecule has 0 aliphatic heterocycles. The zero-order chi connectivity index (χ0) is 27.9. The van der Waals surface area contributed by atoms with E-state index in [-0.39, 0.29) is 17.3 Å². The zero-order valence-corrected chi connectivity index (χ0v) is 23.6. The van der Waals surface area contributed by atoms with Crippen LogP contribution in [0, 0.1) is 20.8 Å². The Kier molecular flexibility index (Phi) is 9.69. The first-order valence-electron chi connectivity index (χ1n) is 12.9. The zero-order valence-electron chi connectivity index (χ0n) is 22.8. The number of anilines is 1. The average molecular weight is 536 g/mol. The third kappa shape index (κ3) is 6.81. The number of hydrogen-bond donors (Lipinski definition) is 1. The van der Waals surface area contributed by atoms with Gasteiger partial charge in [-0.2, -0.15) is 0 Å². The number of nitrogens with one attached hydrogen (secondary N) is 1. The molecule has 0 bridgehead atoms. The van der Waals surface area contributed by atoms with Gasteiger partial charge >= 0.3 is 0 Å². The van der Waals surface area contributed by atoms with Gasteiger partial charge in [-0.1, -0.05) is 72.6 Å². The molecule has 38 heavy (non-hydrogen) atoms. The van der Waals surface area contributed by atoms with Crippen LogP contribution in [0.2, 0.25) is 0 Å². The number of nitrogens with zero attached hydrogens (tertiary/aromatic N) is 2. The van der Waals surface area contributed by atoms with Gasteiger partial charge in [-0.25, -0.2) is 8.42 Å². The smallest absolute Gasteiger partial charge is 0.264 e. The van der Waals surface area contributed by atoms with E-state index in [2.05, 4.69) is 5.32 Å². The number of carbonyl (C=O) groups excluding carboxylic acids is 2. The highest BCUT2D eigenvalue weighted by Crippen LogP contribution is 2.28. The number of rotatable bonds is 11. The summed E-state index contributed by atoms with van der Waals surface area (Å²) in [6.07, 6.45) is 0.387. The minimum atomic E-state index is -4.07. The molecule has 0 saturated carbocycles. The summed E-state index contributed by atoms with van der Waals surface area (Å²) in [5.41, 5.74) is 4.08. The van der Waals surface area contributed by atoms with Gasteiger partial charge in [-0.05, 0) is 63.4 Å². The fraction of sp³-hybridized carbons (Fsp3) is 0.333. The number of hydrogen-bond acceptors (Lipinski definition) is 4. The number of sulfonamides is 1. The molecule has 1 N–H and O–H groups in total. The van der Waals surface area contributed by atoms with Crippen LogP contribution < -0.4 is 9.62 Å². The van der Waals surface area contributed by atoms with Gasteiger partial charge < -0.3 is 10.2 Å². The summed E-state index contributed by atoms with van der Waals surface area (Å²) in [5, 5.41) is 2.82. The Bertz CT molecular complexity index is 1360. The van der Waals surface area contributed by atoms with Crippen LogP contribution in [0.25, 0.3) is 0 Å². The summed E-state index contributed by atoms with van der Waals surface area (Å²) in [7, 11) is -4.07. The second-order valence-electron chi connectivity index (χ2n) is 9.44.